The van der Waals surface area contributed by atoms with Crippen LogP contribution in [0.25, 0.3) is 5.69 Å². The average molecular weight is 560 g/mol. The van der Waals surface area contributed by atoms with Gasteiger partial charge in [-0.2, -0.15) is 5.10 Å². The van der Waals surface area contributed by atoms with Gasteiger partial charge in [0.15, 0.2) is 5.96 Å². The Morgan fingerprint density at radius 1 is 1.09 bits per heavy atom. The zero-order chi connectivity index (χ0) is 22.3. The minimum absolute atomic E-state index is 0. The van der Waals surface area contributed by atoms with Gasteiger partial charge in [-0.3, -0.25) is 0 Å². The van der Waals surface area contributed by atoms with Crippen molar-refractivity contribution in [2.45, 2.75) is 46.2 Å². The zero-order valence-corrected chi connectivity index (χ0v) is 22.0. The minimum Gasteiger partial charge on any atom is -0.357 e. The second kappa shape index (κ2) is 12.0. The number of piperidine rings is 1. The van der Waals surface area contributed by atoms with Crippen LogP contribution in [-0.2, 0) is 6.54 Å². The molecule has 8 heteroatoms. The molecule has 7 nitrogen and oxygen atoms in total. The van der Waals surface area contributed by atoms with Crippen LogP contribution in [0.1, 0.15) is 36.7 Å². The van der Waals surface area contributed by atoms with E-state index in [0.717, 1.165) is 66.9 Å². The van der Waals surface area contributed by atoms with Crippen LogP contribution in [0.2, 0.25) is 0 Å². The van der Waals surface area contributed by atoms with Gasteiger partial charge in [-0.1, -0.05) is 24.3 Å². The van der Waals surface area contributed by atoms with Crippen LogP contribution in [0.4, 0.5) is 5.82 Å². The number of hydrogen-bond donors (Lipinski definition) is 2. The molecule has 3 heterocycles. The number of guanidine groups is 1. The van der Waals surface area contributed by atoms with E-state index in [9.17, 15) is 0 Å². The van der Waals surface area contributed by atoms with E-state index in [4.69, 9.17) is 4.99 Å². The molecule has 4 rings (SSSR count). The van der Waals surface area contributed by atoms with Crippen molar-refractivity contribution in [2.75, 3.05) is 24.5 Å². The summed E-state index contributed by atoms with van der Waals surface area (Å²) in [6, 6.07) is 17.0. The Morgan fingerprint density at radius 2 is 1.85 bits per heavy atom. The summed E-state index contributed by atoms with van der Waals surface area (Å²) in [6.45, 7) is 9.63. The van der Waals surface area contributed by atoms with Crippen LogP contribution >= 0.6 is 24.0 Å². The first-order valence-corrected chi connectivity index (χ1v) is 11.5. The first-order chi connectivity index (χ1) is 15.6. The topological polar surface area (TPSA) is 70.4 Å². The van der Waals surface area contributed by atoms with E-state index in [1.165, 1.54) is 0 Å². The molecular weight excluding hydrogens is 525 g/mol. The van der Waals surface area contributed by atoms with Gasteiger partial charge in [-0.15, -0.1) is 24.0 Å². The highest BCUT2D eigenvalue weighted by molar-refractivity contribution is 14.0. The molecule has 176 valence electrons. The van der Waals surface area contributed by atoms with Gasteiger partial charge in [-0.25, -0.2) is 14.7 Å². The molecule has 0 saturated carbocycles. The van der Waals surface area contributed by atoms with Crippen molar-refractivity contribution in [2.24, 2.45) is 4.99 Å². The summed E-state index contributed by atoms with van der Waals surface area (Å²) in [5, 5.41) is 11.7. The summed E-state index contributed by atoms with van der Waals surface area (Å²) in [5.41, 5.74) is 4.39. The molecule has 1 aliphatic rings. The van der Waals surface area contributed by atoms with Crippen LogP contribution in [0.15, 0.2) is 59.7 Å². The number of aryl methyl sites for hydroxylation is 2. The Morgan fingerprint density at radius 3 is 2.52 bits per heavy atom. The van der Waals surface area contributed by atoms with Gasteiger partial charge in [-0.05, 0) is 63.4 Å². The first-order valence-electron chi connectivity index (χ1n) is 11.5. The normalized spacial score (nSPS) is 14.6. The summed E-state index contributed by atoms with van der Waals surface area (Å²) in [6.07, 6.45) is 3.98. The highest BCUT2D eigenvalue weighted by atomic mass is 127. The number of rotatable bonds is 6. The maximum Gasteiger partial charge on any atom is 0.191 e. The van der Waals surface area contributed by atoms with Crippen LogP contribution < -0.4 is 15.5 Å². The molecule has 1 saturated heterocycles. The van der Waals surface area contributed by atoms with E-state index in [0.29, 0.717) is 12.6 Å². The molecule has 0 unspecified atom stereocenters. The van der Waals surface area contributed by atoms with Gasteiger partial charge in [0.2, 0.25) is 0 Å². The van der Waals surface area contributed by atoms with Crippen LogP contribution in [-0.4, -0.2) is 46.4 Å². The predicted octanol–water partition coefficient (Wildman–Crippen LogP) is 4.23. The molecule has 0 amide bonds. The smallest absolute Gasteiger partial charge is 0.191 e. The van der Waals surface area contributed by atoms with Crippen molar-refractivity contribution in [1.82, 2.24) is 25.4 Å². The van der Waals surface area contributed by atoms with E-state index in [-0.39, 0.29) is 24.0 Å². The number of benzene rings is 1. The Bertz CT molecular complexity index is 1040. The second-order valence-corrected chi connectivity index (χ2v) is 8.26. The molecule has 0 radical (unpaired) electrons. The molecule has 3 aromatic rings. The molecule has 0 aliphatic carbocycles. The van der Waals surface area contributed by atoms with Crippen molar-refractivity contribution < 1.29 is 0 Å². The summed E-state index contributed by atoms with van der Waals surface area (Å²) in [4.78, 5) is 11.7. The van der Waals surface area contributed by atoms with Gasteiger partial charge in [0.05, 0.1) is 17.9 Å². The number of pyridine rings is 1. The monoisotopic (exact) mass is 559 g/mol. The second-order valence-electron chi connectivity index (χ2n) is 8.26. The van der Waals surface area contributed by atoms with E-state index in [1.54, 1.807) is 0 Å². The Balaban J connectivity index is 0.00000306. The lowest BCUT2D eigenvalue weighted by Gasteiger charge is -2.33. The molecule has 1 aromatic carbocycles. The van der Waals surface area contributed by atoms with Crippen molar-refractivity contribution in [3.63, 3.8) is 0 Å². The van der Waals surface area contributed by atoms with Gasteiger partial charge in [0.25, 0.3) is 0 Å². The molecule has 1 aliphatic heterocycles. The summed E-state index contributed by atoms with van der Waals surface area (Å²) in [5.74, 6) is 1.93. The Hall–Kier alpha value is -2.62. The fourth-order valence-corrected chi connectivity index (χ4v) is 4.20. The quantitative estimate of drug-likeness (QED) is 0.269. The molecule has 33 heavy (non-hydrogen) atoms. The van der Waals surface area contributed by atoms with Crippen LogP contribution in [0, 0.1) is 13.8 Å². The zero-order valence-electron chi connectivity index (χ0n) is 19.7. The molecule has 0 atom stereocenters. The summed E-state index contributed by atoms with van der Waals surface area (Å²) >= 11 is 0. The molecule has 1 fully saturated rings. The van der Waals surface area contributed by atoms with Crippen LogP contribution in [0.5, 0.6) is 0 Å². The molecular formula is C25H34IN7. The number of nitrogens with zero attached hydrogens (tertiary/aromatic N) is 5. The van der Waals surface area contributed by atoms with Crippen molar-refractivity contribution in [3.05, 3.63) is 71.7 Å². The van der Waals surface area contributed by atoms with E-state index >= 15 is 0 Å². The third-order valence-electron chi connectivity index (χ3n) is 5.79. The van der Waals surface area contributed by atoms with Gasteiger partial charge in [0.1, 0.15) is 5.82 Å². The molecule has 2 aromatic heterocycles. The number of aliphatic imine (C=N–C) groups is 1. The number of hydrogen-bond acceptors (Lipinski definition) is 4. The minimum atomic E-state index is 0. The maximum absolute atomic E-state index is 4.90. The lowest BCUT2D eigenvalue weighted by atomic mass is 10.1. The number of anilines is 1. The predicted molar refractivity (Wildman–Crippen MR) is 146 cm³/mol. The molecule has 2 N–H and O–H groups in total. The summed E-state index contributed by atoms with van der Waals surface area (Å²) < 4.78 is 2.01. The molecule has 0 bridgehead atoms. The SMILES string of the molecule is CCNC(=NCc1ccccc1-n1nc(C)cc1C)NC1CCN(c2ccccn2)CC1.I. The van der Waals surface area contributed by atoms with Gasteiger partial charge < -0.3 is 15.5 Å². The largest absolute Gasteiger partial charge is 0.357 e. The number of para-hydroxylation sites is 1. The van der Waals surface area contributed by atoms with E-state index < -0.39 is 0 Å². The Labute approximate surface area is 213 Å². The Kier molecular flexibility index (Phi) is 9.11. The van der Waals surface area contributed by atoms with Crippen molar-refractivity contribution >= 4 is 35.8 Å². The van der Waals surface area contributed by atoms with Crippen LogP contribution in [0.3, 0.4) is 0 Å². The average Bonchev–Trinajstić information content (AvgIpc) is 3.16. The van der Waals surface area contributed by atoms with Crippen molar-refractivity contribution in [1.29, 1.82) is 0 Å². The van der Waals surface area contributed by atoms with Crippen molar-refractivity contribution in [3.8, 4) is 5.69 Å². The fourth-order valence-electron chi connectivity index (χ4n) is 4.20. The standard InChI is InChI=1S/C25H33N7.HI/c1-4-26-25(29-22-12-15-31(16-13-22)24-11-7-8-14-27-24)28-18-21-9-5-6-10-23(21)32-20(3)17-19(2)30-32;/h5-11,14,17,22H,4,12-13,15-16,18H2,1-3H3,(H2,26,28,29);1H. The highest BCUT2D eigenvalue weighted by Gasteiger charge is 2.20. The third-order valence-corrected chi connectivity index (χ3v) is 5.79. The fraction of sp³-hybridized carbons (Fsp3) is 0.400. The number of nitrogens with one attached hydrogen (secondary N) is 2. The number of aromatic nitrogens is 3. The van der Waals surface area contributed by atoms with Gasteiger partial charge >= 0.3 is 0 Å². The lowest BCUT2D eigenvalue weighted by molar-refractivity contribution is 0.459. The number of halogens is 1. The van der Waals surface area contributed by atoms with E-state index in [1.807, 2.05) is 29.9 Å². The van der Waals surface area contributed by atoms with E-state index in [2.05, 4.69) is 75.9 Å². The highest BCUT2D eigenvalue weighted by Crippen LogP contribution is 2.19. The van der Waals surface area contributed by atoms with Gasteiger partial charge in [0, 0.05) is 37.6 Å². The summed E-state index contributed by atoms with van der Waals surface area (Å²) in [7, 11) is 0. The lowest BCUT2D eigenvalue weighted by Crippen LogP contribution is -2.48. The maximum atomic E-state index is 4.90. The third kappa shape index (κ3) is 6.46. The first kappa shape index (κ1) is 25.0. The molecule has 0 spiro atoms.